The number of amides is 1. The highest BCUT2D eigenvalue weighted by Gasteiger charge is 2.25. The molecule has 0 saturated heterocycles. The molecule has 3 rings (SSSR count). The molecule has 0 radical (unpaired) electrons. The van der Waals surface area contributed by atoms with Crippen molar-refractivity contribution in [2.75, 3.05) is 11.9 Å². The molecule has 1 aromatic carbocycles. The third kappa shape index (κ3) is 3.23. The molecule has 0 aliphatic carbocycles. The van der Waals surface area contributed by atoms with E-state index in [0.29, 0.717) is 28.7 Å². The van der Waals surface area contributed by atoms with Crippen molar-refractivity contribution in [3.05, 3.63) is 41.0 Å². The summed E-state index contributed by atoms with van der Waals surface area (Å²) in [7, 11) is 0. The molecule has 6 heteroatoms. The monoisotopic (exact) mass is 345 g/mol. The molecule has 0 spiro atoms. The summed E-state index contributed by atoms with van der Waals surface area (Å²) in [5.74, 6) is 0.531. The summed E-state index contributed by atoms with van der Waals surface area (Å²) >= 11 is 6.37. The summed E-state index contributed by atoms with van der Waals surface area (Å²) in [4.78, 5) is 16.5. The summed E-state index contributed by atoms with van der Waals surface area (Å²) in [6.45, 7) is 4.14. The Bertz CT molecular complexity index is 777. The fraction of sp³-hybridized carbons (Fsp3) is 0.333. The number of nitrogens with zero attached hydrogens (tertiary/aromatic N) is 1. The molecule has 3 N–H and O–H groups in total. The van der Waals surface area contributed by atoms with Crippen molar-refractivity contribution in [2.24, 2.45) is 11.7 Å². The lowest BCUT2D eigenvalue weighted by atomic mass is 10.0. The number of rotatable bonds is 4. The average Bonchev–Trinajstić information content (AvgIpc) is 2.99. The smallest absolute Gasteiger partial charge is 0.226 e. The number of halogens is 1. The number of carbonyl (C=O) groups excluding carboxylic acids is 1. The number of anilines is 1. The van der Waals surface area contributed by atoms with Gasteiger partial charge < -0.3 is 15.8 Å². The third-order valence-corrected chi connectivity index (χ3v) is 4.26. The van der Waals surface area contributed by atoms with Crippen LogP contribution in [0.3, 0.4) is 0 Å². The van der Waals surface area contributed by atoms with Gasteiger partial charge in [0.2, 0.25) is 5.91 Å². The van der Waals surface area contributed by atoms with E-state index in [2.05, 4.69) is 10.3 Å². The second-order valence-electron chi connectivity index (χ2n) is 6.17. The minimum Gasteiger partial charge on any atom is -0.487 e. The van der Waals surface area contributed by atoms with Crippen LogP contribution in [0.5, 0.6) is 5.75 Å². The predicted molar refractivity (Wildman–Crippen MR) is 95.3 cm³/mol. The highest BCUT2D eigenvalue weighted by Crippen LogP contribution is 2.40. The summed E-state index contributed by atoms with van der Waals surface area (Å²) in [6, 6.07) is 7.45. The van der Waals surface area contributed by atoms with Crippen LogP contribution in [0.25, 0.3) is 11.3 Å². The van der Waals surface area contributed by atoms with Gasteiger partial charge in [0.05, 0.1) is 16.4 Å². The molecule has 1 amide bonds. The normalized spacial score (nSPS) is 16.0. The van der Waals surface area contributed by atoms with Crippen LogP contribution in [0.4, 0.5) is 5.69 Å². The van der Waals surface area contributed by atoms with E-state index in [9.17, 15) is 4.79 Å². The Morgan fingerprint density at radius 3 is 3.00 bits per heavy atom. The van der Waals surface area contributed by atoms with Gasteiger partial charge in [-0.25, -0.2) is 0 Å². The van der Waals surface area contributed by atoms with Gasteiger partial charge in [0.15, 0.2) is 0 Å². The van der Waals surface area contributed by atoms with E-state index in [1.165, 1.54) is 0 Å². The highest BCUT2D eigenvalue weighted by atomic mass is 35.5. The van der Waals surface area contributed by atoms with E-state index < -0.39 is 0 Å². The Morgan fingerprint density at radius 2 is 2.29 bits per heavy atom. The highest BCUT2D eigenvalue weighted by molar-refractivity contribution is 6.32. The molecule has 5 nitrogen and oxygen atoms in total. The minimum absolute atomic E-state index is 0.0448. The van der Waals surface area contributed by atoms with Gasteiger partial charge in [-0.05, 0) is 24.3 Å². The molecule has 1 aromatic heterocycles. The second kappa shape index (κ2) is 6.79. The molecule has 2 heterocycles. The fourth-order valence-electron chi connectivity index (χ4n) is 2.67. The fourth-order valence-corrected chi connectivity index (χ4v) is 2.95. The van der Waals surface area contributed by atoms with Gasteiger partial charge in [-0.1, -0.05) is 25.4 Å². The number of ether oxygens (including phenoxy) is 1. The zero-order valence-electron chi connectivity index (χ0n) is 13.7. The Balaban J connectivity index is 1.99. The minimum atomic E-state index is -0.111. The third-order valence-electron chi connectivity index (χ3n) is 3.98. The van der Waals surface area contributed by atoms with E-state index in [1.807, 2.05) is 32.0 Å². The van der Waals surface area contributed by atoms with Crippen LogP contribution in [0.2, 0.25) is 5.02 Å². The number of fused-ring (bicyclic) bond motifs is 1. The van der Waals surface area contributed by atoms with Crippen molar-refractivity contribution in [3.8, 4) is 17.0 Å². The number of benzene rings is 1. The van der Waals surface area contributed by atoms with Gasteiger partial charge in [-0.3, -0.25) is 9.78 Å². The second-order valence-corrected chi connectivity index (χ2v) is 6.58. The first-order valence-corrected chi connectivity index (χ1v) is 8.32. The van der Waals surface area contributed by atoms with Crippen LogP contribution in [-0.2, 0) is 11.2 Å². The number of hydrogen-bond acceptors (Lipinski definition) is 4. The van der Waals surface area contributed by atoms with Crippen molar-refractivity contribution in [1.29, 1.82) is 0 Å². The van der Waals surface area contributed by atoms with Crippen LogP contribution >= 0.6 is 11.6 Å². The van der Waals surface area contributed by atoms with Crippen LogP contribution in [0.1, 0.15) is 19.4 Å². The summed E-state index contributed by atoms with van der Waals surface area (Å²) < 4.78 is 5.76. The molecule has 126 valence electrons. The molecule has 24 heavy (non-hydrogen) atoms. The molecule has 0 bridgehead atoms. The van der Waals surface area contributed by atoms with Gasteiger partial charge in [0.1, 0.15) is 11.9 Å². The molecule has 1 aliphatic heterocycles. The largest absolute Gasteiger partial charge is 0.487 e. The number of hydrogen-bond donors (Lipinski definition) is 2. The van der Waals surface area contributed by atoms with Gasteiger partial charge in [-0.15, -0.1) is 0 Å². The molecular formula is C18H20ClN3O2. The zero-order valence-corrected chi connectivity index (χ0v) is 14.4. The first-order chi connectivity index (χ1) is 11.5. The van der Waals surface area contributed by atoms with E-state index in [-0.39, 0.29) is 17.9 Å². The number of carbonyl (C=O) groups is 1. The van der Waals surface area contributed by atoms with E-state index in [4.69, 9.17) is 22.1 Å². The van der Waals surface area contributed by atoms with Crippen LogP contribution in [0, 0.1) is 5.92 Å². The lowest BCUT2D eigenvalue weighted by molar-refractivity contribution is -0.118. The molecular weight excluding hydrogens is 326 g/mol. The molecule has 1 atom stereocenters. The topological polar surface area (TPSA) is 77.2 Å². The van der Waals surface area contributed by atoms with Gasteiger partial charge in [0, 0.05) is 36.2 Å². The van der Waals surface area contributed by atoms with Gasteiger partial charge in [-0.2, -0.15) is 0 Å². The molecule has 1 unspecified atom stereocenters. The first kappa shape index (κ1) is 16.7. The number of nitrogens with two attached hydrogens (primary N) is 1. The molecule has 0 fully saturated rings. The molecule has 2 aromatic rings. The van der Waals surface area contributed by atoms with Crippen molar-refractivity contribution < 1.29 is 9.53 Å². The lowest BCUT2D eigenvalue weighted by Gasteiger charge is -2.13. The van der Waals surface area contributed by atoms with Crippen molar-refractivity contribution in [2.45, 2.75) is 26.4 Å². The molecule has 0 saturated carbocycles. The maximum atomic E-state index is 12.0. The van der Waals surface area contributed by atoms with Crippen molar-refractivity contribution >= 4 is 23.2 Å². The Morgan fingerprint density at radius 1 is 1.50 bits per heavy atom. The number of pyridine rings is 1. The van der Waals surface area contributed by atoms with E-state index in [0.717, 1.165) is 17.5 Å². The number of aromatic nitrogens is 1. The quantitative estimate of drug-likeness (QED) is 0.891. The first-order valence-electron chi connectivity index (χ1n) is 7.95. The number of nitrogens with one attached hydrogen (secondary N) is 1. The van der Waals surface area contributed by atoms with Crippen LogP contribution in [0.15, 0.2) is 30.5 Å². The van der Waals surface area contributed by atoms with Crippen molar-refractivity contribution in [1.82, 2.24) is 4.98 Å². The standard InChI is InChI=1S/C18H20ClN3O2/c1-10(2)18(23)22-15-4-3-5-21-16(15)11-6-12-7-13(9-20)24-17(12)14(19)8-11/h3-6,8,10,13H,7,9,20H2,1-2H3,(H,22,23). The average molecular weight is 346 g/mol. The SMILES string of the molecule is CC(C)C(=O)Nc1cccnc1-c1cc(Cl)c2c(c1)CC(CN)O2. The van der Waals surface area contributed by atoms with Crippen molar-refractivity contribution in [3.63, 3.8) is 0 Å². The maximum absolute atomic E-state index is 12.0. The van der Waals surface area contributed by atoms with Gasteiger partial charge in [0.25, 0.3) is 0 Å². The summed E-state index contributed by atoms with van der Waals surface area (Å²) in [5, 5.41) is 3.45. The maximum Gasteiger partial charge on any atom is 0.226 e. The lowest BCUT2D eigenvalue weighted by Crippen LogP contribution is -2.24. The molecule has 1 aliphatic rings. The van der Waals surface area contributed by atoms with Gasteiger partial charge >= 0.3 is 0 Å². The summed E-state index contributed by atoms with van der Waals surface area (Å²) in [6.07, 6.45) is 2.37. The Hall–Kier alpha value is -2.11. The van der Waals surface area contributed by atoms with Crippen LogP contribution in [-0.4, -0.2) is 23.5 Å². The summed E-state index contributed by atoms with van der Waals surface area (Å²) in [5.41, 5.74) is 8.91. The van der Waals surface area contributed by atoms with E-state index >= 15 is 0 Å². The van der Waals surface area contributed by atoms with Crippen LogP contribution < -0.4 is 15.8 Å². The predicted octanol–water partition coefficient (Wildman–Crippen LogP) is 3.26. The Labute approximate surface area is 146 Å². The Kier molecular flexibility index (Phi) is 4.73. The zero-order chi connectivity index (χ0) is 17.3. The van der Waals surface area contributed by atoms with E-state index in [1.54, 1.807) is 12.3 Å².